The first kappa shape index (κ1) is 11.3. The van der Waals surface area contributed by atoms with Gasteiger partial charge in [0.25, 0.3) is 0 Å². The third-order valence-electron chi connectivity index (χ3n) is 2.66. The molecule has 0 spiro atoms. The third kappa shape index (κ3) is 2.49. The highest BCUT2D eigenvalue weighted by Gasteiger charge is 2.14. The fourth-order valence-corrected chi connectivity index (χ4v) is 2.98. The minimum absolute atomic E-state index is 0.0118. The Morgan fingerprint density at radius 1 is 1.40 bits per heavy atom. The van der Waals surface area contributed by atoms with Gasteiger partial charge in [0, 0.05) is 4.90 Å². The Morgan fingerprint density at radius 2 is 2.20 bits per heavy atom. The summed E-state index contributed by atoms with van der Waals surface area (Å²) in [5, 5.41) is 0. The highest BCUT2D eigenvalue weighted by molar-refractivity contribution is 7.99. The predicted molar refractivity (Wildman–Crippen MR) is 67.8 cm³/mol. The lowest BCUT2D eigenvalue weighted by molar-refractivity contribution is 0.384. The maximum atomic E-state index is 6.30. The first-order valence-electron chi connectivity index (χ1n) is 5.24. The van der Waals surface area contributed by atoms with E-state index in [2.05, 4.69) is 18.2 Å². The molecule has 0 saturated heterocycles. The van der Waals surface area contributed by atoms with Crippen molar-refractivity contribution < 1.29 is 0 Å². The summed E-state index contributed by atoms with van der Waals surface area (Å²) in [6.45, 7) is 0. The summed E-state index contributed by atoms with van der Waals surface area (Å²) in [6, 6.07) is 6.63. The summed E-state index contributed by atoms with van der Waals surface area (Å²) in [5.41, 5.74) is 2.67. The molecule has 0 aliphatic carbocycles. The summed E-state index contributed by atoms with van der Waals surface area (Å²) in [5.74, 6) is 1.25. The van der Waals surface area contributed by atoms with Crippen LogP contribution < -0.4 is 0 Å². The van der Waals surface area contributed by atoms with Gasteiger partial charge in [-0.05, 0) is 49.9 Å². The quantitative estimate of drug-likeness (QED) is 0.576. The first-order valence-corrected chi connectivity index (χ1v) is 6.67. The Hall–Kier alpha value is -0.180. The molecule has 0 saturated carbocycles. The van der Waals surface area contributed by atoms with Gasteiger partial charge in [-0.15, -0.1) is 23.4 Å². The standard InChI is InChI=1S/C12H16ClNS/c1-14(2)12(13)10-5-6-11-9(8-10)4-3-7-15-11/h5-6,8,12H,3-4,7H2,1-2H3. The van der Waals surface area contributed by atoms with Crippen molar-refractivity contribution in [2.24, 2.45) is 0 Å². The number of thioether (sulfide) groups is 1. The molecule has 1 aliphatic rings. The van der Waals surface area contributed by atoms with Gasteiger partial charge in [-0.3, -0.25) is 4.90 Å². The van der Waals surface area contributed by atoms with Gasteiger partial charge in [0.15, 0.2) is 0 Å². The van der Waals surface area contributed by atoms with E-state index in [-0.39, 0.29) is 5.50 Å². The van der Waals surface area contributed by atoms with Crippen LogP contribution in [0.4, 0.5) is 0 Å². The van der Waals surface area contributed by atoms with Crippen molar-refractivity contribution in [3.8, 4) is 0 Å². The highest BCUT2D eigenvalue weighted by Crippen LogP contribution is 2.33. The second-order valence-corrected chi connectivity index (χ2v) is 5.67. The second-order valence-electron chi connectivity index (χ2n) is 4.12. The van der Waals surface area contributed by atoms with Gasteiger partial charge < -0.3 is 0 Å². The number of hydrogen-bond donors (Lipinski definition) is 0. The molecule has 1 aromatic carbocycles. The van der Waals surface area contributed by atoms with Crippen molar-refractivity contribution in [2.45, 2.75) is 23.2 Å². The van der Waals surface area contributed by atoms with E-state index < -0.39 is 0 Å². The molecule has 0 aromatic heterocycles. The molecule has 15 heavy (non-hydrogen) atoms. The molecule has 3 heteroatoms. The van der Waals surface area contributed by atoms with Gasteiger partial charge in [0.2, 0.25) is 0 Å². The summed E-state index contributed by atoms with van der Waals surface area (Å²) >= 11 is 8.26. The van der Waals surface area contributed by atoms with Crippen molar-refractivity contribution in [1.82, 2.24) is 4.90 Å². The monoisotopic (exact) mass is 241 g/mol. The molecule has 1 atom stereocenters. The molecule has 0 bridgehead atoms. The maximum Gasteiger partial charge on any atom is 0.110 e. The summed E-state index contributed by atoms with van der Waals surface area (Å²) < 4.78 is 0. The lowest BCUT2D eigenvalue weighted by atomic mass is 10.1. The van der Waals surface area contributed by atoms with Gasteiger partial charge >= 0.3 is 0 Å². The van der Waals surface area contributed by atoms with E-state index in [0.29, 0.717) is 0 Å². The third-order valence-corrected chi connectivity index (χ3v) is 4.51. The molecule has 0 N–H and O–H groups in total. The SMILES string of the molecule is CN(C)C(Cl)c1ccc2c(c1)CCCS2. The number of rotatable bonds is 2. The number of nitrogens with zero attached hydrogens (tertiary/aromatic N) is 1. The van der Waals surface area contributed by atoms with Gasteiger partial charge in [-0.25, -0.2) is 0 Å². The van der Waals surface area contributed by atoms with E-state index in [4.69, 9.17) is 11.6 Å². The van der Waals surface area contributed by atoms with Crippen LogP contribution in [0.1, 0.15) is 23.0 Å². The Kier molecular flexibility index (Phi) is 3.60. The van der Waals surface area contributed by atoms with Gasteiger partial charge in [-0.1, -0.05) is 12.1 Å². The Balaban J connectivity index is 2.27. The van der Waals surface area contributed by atoms with Crippen LogP contribution in [0.25, 0.3) is 0 Å². The van der Waals surface area contributed by atoms with Gasteiger partial charge in [0.05, 0.1) is 0 Å². The largest absolute Gasteiger partial charge is 0.290 e. The Morgan fingerprint density at radius 3 is 2.93 bits per heavy atom. The fourth-order valence-electron chi connectivity index (χ4n) is 1.83. The highest BCUT2D eigenvalue weighted by atomic mass is 35.5. The molecule has 2 rings (SSSR count). The zero-order valence-corrected chi connectivity index (χ0v) is 10.7. The van der Waals surface area contributed by atoms with E-state index >= 15 is 0 Å². The lowest BCUT2D eigenvalue weighted by Gasteiger charge is -2.21. The smallest absolute Gasteiger partial charge is 0.110 e. The predicted octanol–water partition coefficient (Wildman–Crippen LogP) is 3.52. The van der Waals surface area contributed by atoms with Gasteiger partial charge in [-0.2, -0.15) is 0 Å². The molecular formula is C12H16ClNS. The van der Waals surface area contributed by atoms with Crippen LogP contribution in [0.5, 0.6) is 0 Å². The average molecular weight is 242 g/mol. The first-order chi connectivity index (χ1) is 7.18. The normalized spacial score (nSPS) is 17.6. The van der Waals surface area contributed by atoms with Crippen molar-refractivity contribution >= 4 is 23.4 Å². The Bertz CT molecular complexity index is 351. The van der Waals surface area contributed by atoms with Crippen molar-refractivity contribution in [2.75, 3.05) is 19.8 Å². The second kappa shape index (κ2) is 4.77. The van der Waals surface area contributed by atoms with Crippen molar-refractivity contribution in [3.05, 3.63) is 29.3 Å². The van der Waals surface area contributed by atoms with E-state index in [0.717, 1.165) is 0 Å². The Labute approximate surface area is 101 Å². The molecule has 0 radical (unpaired) electrons. The number of benzene rings is 1. The number of fused-ring (bicyclic) bond motifs is 1. The summed E-state index contributed by atoms with van der Waals surface area (Å²) in [7, 11) is 4.01. The summed E-state index contributed by atoms with van der Waals surface area (Å²) in [6.07, 6.45) is 2.49. The topological polar surface area (TPSA) is 3.24 Å². The molecule has 82 valence electrons. The lowest BCUT2D eigenvalue weighted by Crippen LogP contribution is -2.15. The number of aryl methyl sites for hydroxylation is 1. The van der Waals surface area contributed by atoms with Crippen LogP contribution in [-0.4, -0.2) is 24.7 Å². The molecule has 1 aliphatic heterocycles. The maximum absolute atomic E-state index is 6.30. The zero-order chi connectivity index (χ0) is 10.8. The van der Waals surface area contributed by atoms with Crippen LogP contribution in [0, 0.1) is 0 Å². The van der Waals surface area contributed by atoms with Crippen LogP contribution in [-0.2, 0) is 6.42 Å². The van der Waals surface area contributed by atoms with Crippen LogP contribution in [0.2, 0.25) is 0 Å². The number of halogens is 1. The van der Waals surface area contributed by atoms with E-state index in [1.165, 1.54) is 34.6 Å². The minimum atomic E-state index is -0.0118. The van der Waals surface area contributed by atoms with Crippen molar-refractivity contribution in [1.29, 1.82) is 0 Å². The average Bonchev–Trinajstić information content (AvgIpc) is 2.27. The molecule has 1 unspecified atom stereocenters. The number of alkyl halides is 1. The van der Waals surface area contributed by atoms with E-state index in [1.54, 1.807) is 0 Å². The zero-order valence-electron chi connectivity index (χ0n) is 9.16. The van der Waals surface area contributed by atoms with E-state index in [9.17, 15) is 0 Å². The van der Waals surface area contributed by atoms with Gasteiger partial charge in [0.1, 0.15) is 5.50 Å². The molecule has 1 nitrogen and oxygen atoms in total. The van der Waals surface area contributed by atoms with Crippen LogP contribution in [0.3, 0.4) is 0 Å². The number of hydrogen-bond acceptors (Lipinski definition) is 2. The molecule has 0 fully saturated rings. The fraction of sp³-hybridized carbons (Fsp3) is 0.500. The van der Waals surface area contributed by atoms with Crippen molar-refractivity contribution in [3.63, 3.8) is 0 Å². The van der Waals surface area contributed by atoms with Crippen LogP contribution in [0.15, 0.2) is 23.1 Å². The van der Waals surface area contributed by atoms with E-state index in [1.807, 2.05) is 30.8 Å². The molecule has 0 amide bonds. The molecule has 1 heterocycles. The molecule has 1 aromatic rings. The molecular weight excluding hydrogens is 226 g/mol. The summed E-state index contributed by atoms with van der Waals surface area (Å²) in [4.78, 5) is 3.46. The minimum Gasteiger partial charge on any atom is -0.290 e. The van der Waals surface area contributed by atoms with Crippen LogP contribution >= 0.6 is 23.4 Å².